The molecule has 1 amide bonds. The van der Waals surface area contributed by atoms with Crippen LogP contribution in [0.25, 0.3) is 0 Å². The van der Waals surface area contributed by atoms with Gasteiger partial charge in [0, 0.05) is 9.92 Å². The minimum absolute atomic E-state index is 0.125. The topological polar surface area (TPSA) is 70.9 Å². The monoisotopic (exact) mass is 412 g/mol. The molecule has 0 saturated carbocycles. The Bertz CT molecular complexity index is 828. The Balaban J connectivity index is 2.04. The third-order valence-electron chi connectivity index (χ3n) is 3.35. The van der Waals surface area contributed by atoms with Gasteiger partial charge in [-0.25, -0.2) is 5.43 Å². The number of ether oxygens (including phenoxy) is 1. The Hall–Kier alpha value is -1.89. The molecule has 2 rings (SSSR count). The molecule has 0 spiro atoms. The first-order valence-electron chi connectivity index (χ1n) is 7.74. The lowest BCUT2D eigenvalue weighted by Gasteiger charge is -2.08. The lowest BCUT2D eigenvalue weighted by molar-refractivity contribution is -0.120. The summed E-state index contributed by atoms with van der Waals surface area (Å²) in [5, 5.41) is 14.5. The van der Waals surface area contributed by atoms with Crippen molar-refractivity contribution in [3.05, 3.63) is 51.5 Å². The summed E-state index contributed by atoms with van der Waals surface area (Å²) in [4.78, 5) is 13.1. The molecule has 0 aliphatic heterocycles. The van der Waals surface area contributed by atoms with Crippen molar-refractivity contribution in [3.63, 3.8) is 0 Å². The fraction of sp³-hybridized carbons (Fsp3) is 0.222. The predicted molar refractivity (Wildman–Crippen MR) is 107 cm³/mol. The van der Waals surface area contributed by atoms with Crippen LogP contribution in [-0.2, 0) is 11.2 Å². The molecule has 0 aliphatic rings. The molecule has 0 bridgehead atoms. The van der Waals surface area contributed by atoms with E-state index in [9.17, 15) is 9.90 Å². The van der Waals surface area contributed by atoms with E-state index in [-0.39, 0.29) is 28.8 Å². The Kier molecular flexibility index (Phi) is 7.63. The van der Waals surface area contributed by atoms with Crippen molar-refractivity contribution in [3.8, 4) is 11.5 Å². The van der Waals surface area contributed by atoms with E-state index in [2.05, 4.69) is 10.5 Å². The van der Waals surface area contributed by atoms with Crippen molar-refractivity contribution >= 4 is 47.1 Å². The van der Waals surface area contributed by atoms with E-state index >= 15 is 0 Å². The second-order valence-electron chi connectivity index (χ2n) is 5.21. The summed E-state index contributed by atoms with van der Waals surface area (Å²) < 4.78 is 5.30. The molecule has 0 atom stereocenters. The fourth-order valence-electron chi connectivity index (χ4n) is 2.21. The molecule has 2 N–H and O–H groups in total. The normalized spacial score (nSPS) is 10.9. The van der Waals surface area contributed by atoms with Crippen molar-refractivity contribution in [1.82, 2.24) is 5.43 Å². The maximum absolute atomic E-state index is 12.1. The van der Waals surface area contributed by atoms with Crippen LogP contribution in [0, 0.1) is 0 Å². The molecule has 26 heavy (non-hydrogen) atoms. The summed E-state index contributed by atoms with van der Waals surface area (Å²) in [6.45, 7) is 2.19. The number of aromatic hydroxyl groups is 1. The molecule has 0 aromatic heterocycles. The molecule has 0 heterocycles. The number of hydrogen-bond acceptors (Lipinski definition) is 5. The molecule has 5 nitrogen and oxygen atoms in total. The Morgan fingerprint density at radius 1 is 1.35 bits per heavy atom. The van der Waals surface area contributed by atoms with Gasteiger partial charge in [0.2, 0.25) is 5.91 Å². The van der Waals surface area contributed by atoms with Gasteiger partial charge in [0.15, 0.2) is 11.5 Å². The highest BCUT2D eigenvalue weighted by molar-refractivity contribution is 7.98. The van der Waals surface area contributed by atoms with E-state index in [1.165, 1.54) is 12.3 Å². The first kappa shape index (κ1) is 20.4. The van der Waals surface area contributed by atoms with Gasteiger partial charge in [-0.2, -0.15) is 5.10 Å². The van der Waals surface area contributed by atoms with Crippen molar-refractivity contribution in [1.29, 1.82) is 0 Å². The smallest absolute Gasteiger partial charge is 0.244 e. The summed E-state index contributed by atoms with van der Waals surface area (Å²) in [5.41, 5.74) is 3.89. The molecule has 0 aliphatic carbocycles. The van der Waals surface area contributed by atoms with Gasteiger partial charge >= 0.3 is 0 Å². The number of thioether (sulfide) groups is 1. The average molecular weight is 413 g/mol. The number of hydrazone groups is 1. The van der Waals surface area contributed by atoms with Crippen LogP contribution in [-0.4, -0.2) is 30.1 Å². The first-order valence-corrected chi connectivity index (χ1v) is 9.72. The van der Waals surface area contributed by atoms with Gasteiger partial charge in [0.25, 0.3) is 0 Å². The van der Waals surface area contributed by atoms with E-state index in [0.717, 1.165) is 10.5 Å². The van der Waals surface area contributed by atoms with Crippen LogP contribution in [0.3, 0.4) is 0 Å². The lowest BCUT2D eigenvalue weighted by atomic mass is 10.1. The van der Waals surface area contributed by atoms with Gasteiger partial charge in [-0.3, -0.25) is 4.79 Å². The maximum Gasteiger partial charge on any atom is 0.244 e. The number of benzene rings is 2. The van der Waals surface area contributed by atoms with Crippen molar-refractivity contribution in [2.24, 2.45) is 5.10 Å². The number of amides is 1. The summed E-state index contributed by atoms with van der Waals surface area (Å²) in [7, 11) is 0. The highest BCUT2D eigenvalue weighted by Crippen LogP contribution is 2.34. The Morgan fingerprint density at radius 2 is 2.12 bits per heavy atom. The van der Waals surface area contributed by atoms with Gasteiger partial charge in [0.1, 0.15) is 0 Å². The van der Waals surface area contributed by atoms with Crippen molar-refractivity contribution < 1.29 is 14.6 Å². The number of nitrogens with zero attached hydrogens (tertiary/aromatic N) is 1. The average Bonchev–Trinajstić information content (AvgIpc) is 2.59. The zero-order chi connectivity index (χ0) is 19.1. The highest BCUT2D eigenvalue weighted by atomic mass is 35.5. The van der Waals surface area contributed by atoms with E-state index < -0.39 is 0 Å². The molecule has 2 aromatic carbocycles. The van der Waals surface area contributed by atoms with Gasteiger partial charge in [0.05, 0.1) is 24.3 Å². The van der Waals surface area contributed by atoms with Gasteiger partial charge in [-0.15, -0.1) is 11.8 Å². The van der Waals surface area contributed by atoms with Gasteiger partial charge in [-0.05, 0) is 54.6 Å². The Morgan fingerprint density at radius 3 is 2.81 bits per heavy atom. The SMILES string of the molecule is CCOc1cc(/C=N\NC(=O)Cc2cc(Cl)ccc2SC)cc(Cl)c1O. The van der Waals surface area contributed by atoms with E-state index in [1.54, 1.807) is 36.9 Å². The van der Waals surface area contributed by atoms with Crippen LogP contribution >= 0.6 is 35.0 Å². The quantitative estimate of drug-likeness (QED) is 0.398. The van der Waals surface area contributed by atoms with Crippen LogP contribution < -0.4 is 10.2 Å². The van der Waals surface area contributed by atoms with E-state index in [4.69, 9.17) is 27.9 Å². The number of carbonyl (C=O) groups excluding carboxylic acids is 1. The fourth-order valence-corrected chi connectivity index (χ4v) is 3.22. The van der Waals surface area contributed by atoms with Gasteiger partial charge < -0.3 is 9.84 Å². The standard InChI is InChI=1S/C18H18Cl2N2O3S/c1-3-25-15-7-11(6-14(20)18(15)24)10-21-22-17(23)9-12-8-13(19)4-5-16(12)26-2/h4-8,10,24H,3,9H2,1-2H3,(H,22,23)/b21-10-. The van der Waals surface area contributed by atoms with E-state index in [0.29, 0.717) is 17.2 Å². The minimum atomic E-state index is -0.270. The second kappa shape index (κ2) is 9.71. The van der Waals surface area contributed by atoms with Crippen LogP contribution in [0.5, 0.6) is 11.5 Å². The van der Waals surface area contributed by atoms with Crippen LogP contribution in [0.15, 0.2) is 40.3 Å². The minimum Gasteiger partial charge on any atom is -0.503 e. The molecule has 0 saturated heterocycles. The number of rotatable bonds is 7. The third-order valence-corrected chi connectivity index (χ3v) is 4.71. The van der Waals surface area contributed by atoms with Crippen molar-refractivity contribution in [2.45, 2.75) is 18.2 Å². The summed E-state index contributed by atoms with van der Waals surface area (Å²) >= 11 is 13.5. The third kappa shape index (κ3) is 5.56. The number of phenols is 1. The zero-order valence-electron chi connectivity index (χ0n) is 14.3. The molecule has 0 fully saturated rings. The van der Waals surface area contributed by atoms with Crippen LogP contribution in [0.4, 0.5) is 0 Å². The summed E-state index contributed by atoms with van der Waals surface area (Å²) in [5.74, 6) is -0.134. The van der Waals surface area contributed by atoms with Crippen LogP contribution in [0.2, 0.25) is 10.0 Å². The number of hydrogen-bond donors (Lipinski definition) is 2. The number of nitrogens with one attached hydrogen (secondary N) is 1. The number of halogens is 2. The molecule has 8 heteroatoms. The lowest BCUT2D eigenvalue weighted by Crippen LogP contribution is -2.20. The zero-order valence-corrected chi connectivity index (χ0v) is 16.6. The molecule has 2 aromatic rings. The molecular formula is C18H18Cl2N2O3S. The highest BCUT2D eigenvalue weighted by Gasteiger charge is 2.10. The Labute approximate surface area is 166 Å². The van der Waals surface area contributed by atoms with Crippen LogP contribution in [0.1, 0.15) is 18.1 Å². The van der Waals surface area contributed by atoms with Crippen molar-refractivity contribution in [2.75, 3.05) is 12.9 Å². The van der Waals surface area contributed by atoms with Gasteiger partial charge in [-0.1, -0.05) is 23.2 Å². The molecule has 0 unspecified atom stereocenters. The van der Waals surface area contributed by atoms with E-state index in [1.807, 2.05) is 12.3 Å². The predicted octanol–water partition coefficient (Wildman–Crippen LogP) is 4.51. The molecule has 0 radical (unpaired) electrons. The number of carbonyl (C=O) groups is 1. The number of phenolic OH excluding ortho intramolecular Hbond substituents is 1. The molecular weight excluding hydrogens is 395 g/mol. The first-order chi connectivity index (χ1) is 12.4. The summed E-state index contributed by atoms with van der Waals surface area (Å²) in [6, 6.07) is 8.55. The second-order valence-corrected chi connectivity index (χ2v) is 6.90. The summed E-state index contributed by atoms with van der Waals surface area (Å²) in [6.07, 6.45) is 3.53. The maximum atomic E-state index is 12.1. The molecule has 138 valence electrons. The largest absolute Gasteiger partial charge is 0.503 e.